The predicted octanol–water partition coefficient (Wildman–Crippen LogP) is 2.68. The number of carboxylic acid groups (broad SMARTS) is 1. The van der Waals surface area contributed by atoms with Gasteiger partial charge in [-0.3, -0.25) is 0 Å². The van der Waals surface area contributed by atoms with Crippen molar-refractivity contribution in [3.63, 3.8) is 0 Å². The average Bonchev–Trinajstić information content (AvgIpc) is 2.43. The maximum absolute atomic E-state index is 12.2. The molecule has 1 atom stereocenters. The van der Waals surface area contributed by atoms with Gasteiger partial charge in [0.1, 0.15) is 6.04 Å². The second-order valence-electron chi connectivity index (χ2n) is 4.52. The van der Waals surface area contributed by atoms with Gasteiger partial charge >= 0.3 is 12.0 Å². The van der Waals surface area contributed by atoms with Crippen molar-refractivity contribution in [2.45, 2.75) is 13.0 Å². The molecule has 1 aromatic carbocycles. The number of carbonyl (C=O) groups excluding carboxylic acids is 1. The average molecular weight is 315 g/mol. The quantitative estimate of drug-likeness (QED) is 0.880. The summed E-state index contributed by atoms with van der Waals surface area (Å²) in [7, 11) is 0. The summed E-state index contributed by atoms with van der Waals surface area (Å²) < 4.78 is 0. The highest BCUT2D eigenvalue weighted by Gasteiger charge is 2.32. The largest absolute Gasteiger partial charge is 0.480 e. The van der Waals surface area contributed by atoms with Crippen LogP contribution in [0.25, 0.3) is 0 Å². The number of nitrogens with zero attached hydrogens (tertiary/aromatic N) is 1. The normalized spacial score (nSPS) is 18.7. The minimum atomic E-state index is -0.978. The number of carbonyl (C=O) groups is 2. The summed E-state index contributed by atoms with van der Waals surface area (Å²) >= 11 is 7.54. The second-order valence-corrected chi connectivity index (χ2v) is 6.07. The van der Waals surface area contributed by atoms with Crippen LogP contribution in [0.2, 0.25) is 5.02 Å². The summed E-state index contributed by atoms with van der Waals surface area (Å²) in [5, 5.41) is 12.4. The van der Waals surface area contributed by atoms with Crippen LogP contribution in [0.1, 0.15) is 5.56 Å². The van der Waals surface area contributed by atoms with Gasteiger partial charge in [-0.15, -0.1) is 0 Å². The van der Waals surface area contributed by atoms with Crippen LogP contribution in [0.15, 0.2) is 18.2 Å². The molecule has 1 unspecified atom stereocenters. The van der Waals surface area contributed by atoms with E-state index in [9.17, 15) is 9.59 Å². The van der Waals surface area contributed by atoms with Gasteiger partial charge in [0.15, 0.2) is 0 Å². The van der Waals surface area contributed by atoms with Gasteiger partial charge in [-0.2, -0.15) is 11.8 Å². The molecular weight excluding hydrogens is 300 g/mol. The fraction of sp³-hybridized carbons (Fsp3) is 0.385. The van der Waals surface area contributed by atoms with Gasteiger partial charge in [0, 0.05) is 28.8 Å². The second kappa shape index (κ2) is 6.37. The predicted molar refractivity (Wildman–Crippen MR) is 80.7 cm³/mol. The Balaban J connectivity index is 2.09. The Bertz CT molecular complexity index is 538. The van der Waals surface area contributed by atoms with Crippen LogP contribution in [0, 0.1) is 6.92 Å². The van der Waals surface area contributed by atoms with E-state index in [2.05, 4.69) is 5.32 Å². The molecular formula is C13H15ClN2O3S. The van der Waals surface area contributed by atoms with Gasteiger partial charge in [-0.25, -0.2) is 9.59 Å². The third-order valence-corrected chi connectivity index (χ3v) is 4.53. The van der Waals surface area contributed by atoms with Gasteiger partial charge in [0.25, 0.3) is 0 Å². The Kier molecular flexibility index (Phi) is 4.77. The topological polar surface area (TPSA) is 69.6 Å². The van der Waals surface area contributed by atoms with E-state index in [0.29, 0.717) is 23.0 Å². The van der Waals surface area contributed by atoms with Gasteiger partial charge < -0.3 is 15.3 Å². The fourth-order valence-electron chi connectivity index (χ4n) is 1.92. The van der Waals surface area contributed by atoms with Crippen LogP contribution in [-0.2, 0) is 4.79 Å². The van der Waals surface area contributed by atoms with Crippen molar-refractivity contribution in [3.05, 3.63) is 28.8 Å². The molecule has 2 rings (SSSR count). The van der Waals surface area contributed by atoms with E-state index in [1.807, 2.05) is 6.92 Å². The van der Waals surface area contributed by atoms with Crippen molar-refractivity contribution < 1.29 is 14.7 Å². The summed E-state index contributed by atoms with van der Waals surface area (Å²) in [6, 6.07) is 4.02. The molecule has 7 heteroatoms. The Hall–Kier alpha value is -1.40. The first-order valence-corrected chi connectivity index (χ1v) is 7.66. The fourth-order valence-corrected chi connectivity index (χ4v) is 3.14. The number of carboxylic acids is 1. The Morgan fingerprint density at radius 3 is 2.90 bits per heavy atom. The molecule has 1 heterocycles. The van der Waals surface area contributed by atoms with Crippen LogP contribution in [0.4, 0.5) is 10.5 Å². The molecule has 108 valence electrons. The van der Waals surface area contributed by atoms with Crippen molar-refractivity contribution in [2.24, 2.45) is 0 Å². The molecule has 0 saturated carbocycles. The summed E-state index contributed by atoms with van der Waals surface area (Å²) in [5.74, 6) is 0.179. The first-order valence-electron chi connectivity index (χ1n) is 6.13. The molecule has 2 amide bonds. The van der Waals surface area contributed by atoms with Gasteiger partial charge in [0.05, 0.1) is 0 Å². The maximum atomic E-state index is 12.2. The number of benzene rings is 1. The Labute approximate surface area is 126 Å². The van der Waals surface area contributed by atoms with Crippen molar-refractivity contribution in [1.29, 1.82) is 0 Å². The van der Waals surface area contributed by atoms with Crippen molar-refractivity contribution in [3.8, 4) is 0 Å². The van der Waals surface area contributed by atoms with E-state index in [4.69, 9.17) is 16.7 Å². The molecule has 20 heavy (non-hydrogen) atoms. The smallest absolute Gasteiger partial charge is 0.327 e. The lowest BCUT2D eigenvalue weighted by Crippen LogP contribution is -2.51. The number of halogens is 1. The number of urea groups is 1. The molecule has 0 aromatic heterocycles. The number of nitrogens with one attached hydrogen (secondary N) is 1. The molecule has 0 aliphatic carbocycles. The molecule has 0 spiro atoms. The van der Waals surface area contributed by atoms with Gasteiger partial charge in [-0.05, 0) is 24.6 Å². The van der Waals surface area contributed by atoms with E-state index in [1.165, 1.54) is 16.7 Å². The Morgan fingerprint density at radius 2 is 2.25 bits per heavy atom. The molecule has 1 fully saturated rings. The van der Waals surface area contributed by atoms with E-state index in [0.717, 1.165) is 11.3 Å². The van der Waals surface area contributed by atoms with Crippen LogP contribution < -0.4 is 5.32 Å². The lowest BCUT2D eigenvalue weighted by atomic mass is 10.2. The third-order valence-electron chi connectivity index (χ3n) is 3.10. The summed E-state index contributed by atoms with van der Waals surface area (Å²) in [6.07, 6.45) is 0. The first kappa shape index (κ1) is 15.0. The number of hydrogen-bond acceptors (Lipinski definition) is 3. The number of hydrogen-bond donors (Lipinski definition) is 2. The Morgan fingerprint density at radius 1 is 1.50 bits per heavy atom. The molecule has 5 nitrogen and oxygen atoms in total. The zero-order chi connectivity index (χ0) is 14.7. The van der Waals surface area contributed by atoms with Crippen molar-refractivity contribution in [1.82, 2.24) is 4.90 Å². The number of amides is 2. The zero-order valence-corrected chi connectivity index (χ0v) is 12.5. The zero-order valence-electron chi connectivity index (χ0n) is 10.9. The van der Waals surface area contributed by atoms with Gasteiger partial charge in [0.2, 0.25) is 0 Å². The first-order chi connectivity index (χ1) is 9.49. The highest BCUT2D eigenvalue weighted by molar-refractivity contribution is 7.99. The van der Waals surface area contributed by atoms with Gasteiger partial charge in [-0.1, -0.05) is 17.7 Å². The number of aryl methyl sites for hydroxylation is 1. The van der Waals surface area contributed by atoms with Crippen LogP contribution in [0.5, 0.6) is 0 Å². The maximum Gasteiger partial charge on any atom is 0.327 e. The van der Waals surface area contributed by atoms with Crippen LogP contribution in [0.3, 0.4) is 0 Å². The molecule has 1 saturated heterocycles. The van der Waals surface area contributed by atoms with E-state index in [1.54, 1.807) is 18.2 Å². The number of thioether (sulfide) groups is 1. The SMILES string of the molecule is Cc1ccc(NC(=O)N2CCSCC2C(=O)O)cc1Cl. The molecule has 1 aliphatic rings. The number of rotatable bonds is 2. The van der Waals surface area contributed by atoms with Crippen LogP contribution in [-0.4, -0.2) is 46.1 Å². The summed E-state index contributed by atoms with van der Waals surface area (Å²) in [4.78, 5) is 24.7. The molecule has 1 aromatic rings. The number of aliphatic carboxylic acids is 1. The minimum absolute atomic E-state index is 0.405. The minimum Gasteiger partial charge on any atom is -0.480 e. The van der Waals surface area contributed by atoms with E-state index >= 15 is 0 Å². The monoisotopic (exact) mass is 314 g/mol. The summed E-state index contributed by atoms with van der Waals surface area (Å²) in [5.41, 5.74) is 1.48. The lowest BCUT2D eigenvalue weighted by molar-refractivity contribution is -0.141. The number of anilines is 1. The molecule has 2 N–H and O–H groups in total. The molecule has 0 radical (unpaired) electrons. The van der Waals surface area contributed by atoms with Crippen molar-refractivity contribution >= 4 is 41.1 Å². The summed E-state index contributed by atoms with van der Waals surface area (Å²) in [6.45, 7) is 2.29. The highest BCUT2D eigenvalue weighted by atomic mass is 35.5. The third kappa shape index (κ3) is 3.37. The lowest BCUT2D eigenvalue weighted by Gasteiger charge is -2.32. The van der Waals surface area contributed by atoms with Crippen molar-refractivity contribution in [2.75, 3.05) is 23.4 Å². The van der Waals surface area contributed by atoms with E-state index in [-0.39, 0.29) is 0 Å². The van der Waals surface area contributed by atoms with E-state index < -0.39 is 18.0 Å². The molecule has 0 bridgehead atoms. The standard InChI is InChI=1S/C13H15ClN2O3S/c1-8-2-3-9(6-10(8)14)15-13(19)16-4-5-20-7-11(16)12(17)18/h2-3,6,11H,4-5,7H2,1H3,(H,15,19)(H,17,18). The molecule has 1 aliphatic heterocycles. The highest BCUT2D eigenvalue weighted by Crippen LogP contribution is 2.22. The van der Waals surface area contributed by atoms with Crippen LogP contribution >= 0.6 is 23.4 Å².